The highest BCUT2D eigenvalue weighted by atomic mass is 16.5. The molecule has 5 heterocycles. The summed E-state index contributed by atoms with van der Waals surface area (Å²) in [6.07, 6.45) is 7.32. The minimum Gasteiger partial charge on any atom is -0.372 e. The fraction of sp³-hybridized carbons (Fsp3) is 0.478. The number of anilines is 1. The molecule has 170 valence electrons. The Morgan fingerprint density at radius 3 is 3.03 bits per heavy atom. The van der Waals surface area contributed by atoms with E-state index < -0.39 is 11.8 Å². The van der Waals surface area contributed by atoms with Gasteiger partial charge in [0.1, 0.15) is 5.69 Å². The molecule has 10 nitrogen and oxygen atoms in total. The topological polar surface area (TPSA) is 95.3 Å². The smallest absolute Gasteiger partial charge is 0.277 e. The van der Waals surface area contributed by atoms with Gasteiger partial charge in [0.2, 0.25) is 0 Å². The van der Waals surface area contributed by atoms with Crippen molar-refractivity contribution in [3.8, 4) is 0 Å². The monoisotopic (exact) mass is 446 g/mol. The van der Waals surface area contributed by atoms with Gasteiger partial charge in [-0.05, 0) is 37.3 Å². The first kappa shape index (κ1) is 21.3. The van der Waals surface area contributed by atoms with Crippen molar-refractivity contribution in [2.45, 2.75) is 58.3 Å². The highest BCUT2D eigenvalue weighted by Gasteiger charge is 2.27. The van der Waals surface area contributed by atoms with E-state index in [2.05, 4.69) is 38.2 Å². The number of nitrogens with zero attached hydrogens (tertiary/aromatic N) is 8. The Bertz CT molecular complexity index is 1250. The van der Waals surface area contributed by atoms with Gasteiger partial charge in [0, 0.05) is 31.5 Å². The summed E-state index contributed by atoms with van der Waals surface area (Å²) >= 11 is 0. The molecule has 2 aliphatic rings. The van der Waals surface area contributed by atoms with Gasteiger partial charge in [-0.15, -0.1) is 5.10 Å². The first-order chi connectivity index (χ1) is 16.2. The van der Waals surface area contributed by atoms with E-state index in [1.165, 1.54) is 4.68 Å². The SMILES string of the molecule is [C-]#[N+]c1c(N2CCc3c(nnn3Cc3cccnc3CC)C2)cnn(C2CCCCO2)c1=O. The third-order valence-corrected chi connectivity index (χ3v) is 6.36. The van der Waals surface area contributed by atoms with Crippen LogP contribution in [0.15, 0.2) is 29.3 Å². The van der Waals surface area contributed by atoms with E-state index in [4.69, 9.17) is 11.3 Å². The van der Waals surface area contributed by atoms with Gasteiger partial charge in [-0.3, -0.25) is 9.78 Å². The van der Waals surface area contributed by atoms with Crippen molar-refractivity contribution in [2.24, 2.45) is 0 Å². The first-order valence-electron chi connectivity index (χ1n) is 11.4. The summed E-state index contributed by atoms with van der Waals surface area (Å²) in [5, 5.41) is 13.2. The molecule has 1 saturated heterocycles. The molecule has 0 bridgehead atoms. The molecule has 0 radical (unpaired) electrons. The maximum absolute atomic E-state index is 13.0. The number of aryl methyl sites for hydroxylation is 1. The minimum atomic E-state index is -0.396. The Labute approximate surface area is 191 Å². The molecule has 1 fully saturated rings. The van der Waals surface area contributed by atoms with Crippen LogP contribution in [0, 0.1) is 6.57 Å². The second kappa shape index (κ2) is 9.11. The summed E-state index contributed by atoms with van der Waals surface area (Å²) in [5.41, 5.74) is 4.38. The molecular formula is C23H26N8O2. The lowest BCUT2D eigenvalue weighted by atomic mass is 10.1. The van der Waals surface area contributed by atoms with Crippen molar-refractivity contribution in [1.82, 2.24) is 29.8 Å². The molecule has 10 heteroatoms. The van der Waals surface area contributed by atoms with Crippen molar-refractivity contribution in [1.29, 1.82) is 0 Å². The van der Waals surface area contributed by atoms with Crippen LogP contribution < -0.4 is 10.5 Å². The second-order valence-electron chi connectivity index (χ2n) is 8.34. The first-order valence-corrected chi connectivity index (χ1v) is 11.4. The van der Waals surface area contributed by atoms with Crippen molar-refractivity contribution in [3.63, 3.8) is 0 Å². The van der Waals surface area contributed by atoms with Crippen molar-refractivity contribution in [3.05, 3.63) is 68.9 Å². The van der Waals surface area contributed by atoms with Crippen LogP contribution in [0.5, 0.6) is 0 Å². The molecule has 3 aromatic heterocycles. The average Bonchev–Trinajstić information content (AvgIpc) is 3.26. The van der Waals surface area contributed by atoms with E-state index in [-0.39, 0.29) is 5.69 Å². The Hall–Kier alpha value is -3.58. The molecule has 0 aromatic carbocycles. The Kier molecular flexibility index (Phi) is 5.88. The van der Waals surface area contributed by atoms with Crippen LogP contribution in [0.4, 0.5) is 11.4 Å². The summed E-state index contributed by atoms with van der Waals surface area (Å²) in [5.74, 6) is 0. The summed E-state index contributed by atoms with van der Waals surface area (Å²) in [6.45, 7) is 12.1. The van der Waals surface area contributed by atoms with Crippen molar-refractivity contribution in [2.75, 3.05) is 18.1 Å². The zero-order chi connectivity index (χ0) is 22.8. The highest BCUT2D eigenvalue weighted by Crippen LogP contribution is 2.30. The third-order valence-electron chi connectivity index (χ3n) is 6.36. The minimum absolute atomic E-state index is 0.0814. The fourth-order valence-corrected chi connectivity index (χ4v) is 4.60. The van der Waals surface area contributed by atoms with Crippen LogP contribution in [-0.2, 0) is 30.7 Å². The maximum atomic E-state index is 13.0. The van der Waals surface area contributed by atoms with Gasteiger partial charge in [0.05, 0.1) is 37.2 Å². The van der Waals surface area contributed by atoms with E-state index in [0.29, 0.717) is 31.9 Å². The van der Waals surface area contributed by atoms with Crippen LogP contribution in [0.2, 0.25) is 0 Å². The molecule has 0 saturated carbocycles. The summed E-state index contributed by atoms with van der Waals surface area (Å²) in [7, 11) is 0. The zero-order valence-electron chi connectivity index (χ0n) is 18.6. The lowest BCUT2D eigenvalue weighted by molar-refractivity contribution is -0.0422. The number of rotatable bonds is 5. The molecule has 0 spiro atoms. The summed E-state index contributed by atoms with van der Waals surface area (Å²) in [6, 6.07) is 4.02. The van der Waals surface area contributed by atoms with Crippen molar-refractivity contribution >= 4 is 11.4 Å². The zero-order valence-corrected chi connectivity index (χ0v) is 18.6. The molecule has 2 aliphatic heterocycles. The lowest BCUT2D eigenvalue weighted by Crippen LogP contribution is -2.35. The van der Waals surface area contributed by atoms with Crippen LogP contribution in [-0.4, -0.2) is 42.9 Å². The molecule has 0 aliphatic carbocycles. The van der Waals surface area contributed by atoms with Crippen LogP contribution in [0.3, 0.4) is 0 Å². The number of ether oxygens (including phenoxy) is 1. The highest BCUT2D eigenvalue weighted by molar-refractivity contribution is 5.69. The van der Waals surface area contributed by atoms with E-state index in [1.54, 1.807) is 6.20 Å². The largest absolute Gasteiger partial charge is 0.372 e. The van der Waals surface area contributed by atoms with Gasteiger partial charge >= 0.3 is 0 Å². The van der Waals surface area contributed by atoms with Gasteiger partial charge in [0.25, 0.3) is 11.2 Å². The van der Waals surface area contributed by atoms with Gasteiger partial charge in [-0.2, -0.15) is 5.10 Å². The van der Waals surface area contributed by atoms with E-state index in [1.807, 2.05) is 21.8 Å². The summed E-state index contributed by atoms with van der Waals surface area (Å²) in [4.78, 5) is 23.0. The van der Waals surface area contributed by atoms with Crippen LogP contribution in [0.25, 0.3) is 4.85 Å². The van der Waals surface area contributed by atoms with Gasteiger partial charge in [-0.1, -0.05) is 18.2 Å². The van der Waals surface area contributed by atoms with Crippen molar-refractivity contribution < 1.29 is 4.74 Å². The number of hydrogen-bond acceptors (Lipinski definition) is 7. The molecule has 0 N–H and O–H groups in total. The van der Waals surface area contributed by atoms with Gasteiger partial charge < -0.3 is 9.64 Å². The molecule has 3 aromatic rings. The number of pyridine rings is 1. The average molecular weight is 447 g/mol. The molecule has 0 amide bonds. The number of hydrogen-bond donors (Lipinski definition) is 0. The fourth-order valence-electron chi connectivity index (χ4n) is 4.60. The quantitative estimate of drug-likeness (QED) is 0.556. The Morgan fingerprint density at radius 2 is 2.24 bits per heavy atom. The van der Waals surface area contributed by atoms with E-state index in [9.17, 15) is 4.79 Å². The number of fused-ring (bicyclic) bond motifs is 1. The van der Waals surface area contributed by atoms with E-state index in [0.717, 1.165) is 54.7 Å². The predicted molar refractivity (Wildman–Crippen MR) is 121 cm³/mol. The third kappa shape index (κ3) is 4.00. The lowest BCUT2D eigenvalue weighted by Gasteiger charge is -2.30. The molecule has 1 unspecified atom stereocenters. The molecule has 5 rings (SSSR count). The second-order valence-corrected chi connectivity index (χ2v) is 8.34. The maximum Gasteiger partial charge on any atom is 0.277 e. The summed E-state index contributed by atoms with van der Waals surface area (Å²) < 4.78 is 8.96. The number of aromatic nitrogens is 6. The van der Waals surface area contributed by atoms with Gasteiger partial charge in [-0.25, -0.2) is 14.2 Å². The normalized spacial score (nSPS) is 18.1. The molecule has 33 heavy (non-hydrogen) atoms. The van der Waals surface area contributed by atoms with Crippen LogP contribution >= 0.6 is 0 Å². The Morgan fingerprint density at radius 1 is 1.33 bits per heavy atom. The van der Waals surface area contributed by atoms with Crippen LogP contribution in [0.1, 0.15) is 55.1 Å². The Balaban J connectivity index is 1.39. The predicted octanol–water partition coefficient (Wildman–Crippen LogP) is 2.65. The molecular weight excluding hydrogens is 420 g/mol. The van der Waals surface area contributed by atoms with E-state index >= 15 is 0 Å². The molecule has 1 atom stereocenters. The standard InChI is InChI=1S/C23H26N8O2/c1-3-17-16(7-6-10-25-17)14-30-19-9-11-29(15-18(19)27-28-30)20-13-26-31(23(32)22(20)24-2)21-8-4-5-12-33-21/h6-7,10,13,21H,3-5,8-9,11-12,14-15H2,1H3. The van der Waals surface area contributed by atoms with Gasteiger partial charge in [0.15, 0.2) is 6.23 Å².